The van der Waals surface area contributed by atoms with Crippen molar-refractivity contribution in [1.29, 1.82) is 5.26 Å². The van der Waals surface area contributed by atoms with Crippen LogP contribution in [-0.4, -0.2) is 30.1 Å². The molecule has 1 aliphatic carbocycles. The monoisotopic (exact) mass is 462 g/mol. The molecule has 24 heavy (non-hydrogen) atoms. The van der Waals surface area contributed by atoms with Crippen LogP contribution in [0.15, 0.2) is 23.2 Å². The predicted molar refractivity (Wildman–Crippen MR) is 109 cm³/mol. The number of rotatable bonds is 5. The maximum atomic E-state index is 13.8. The van der Waals surface area contributed by atoms with Crippen LogP contribution in [-0.2, 0) is 6.54 Å². The molecule has 7 heteroatoms. The molecule has 0 heterocycles. The summed E-state index contributed by atoms with van der Waals surface area (Å²) in [4.78, 5) is 4.21. The lowest BCUT2D eigenvalue weighted by Gasteiger charge is -2.17. The molecule has 0 aromatic heterocycles. The molecular weight excluding hydrogens is 438 g/mol. The second-order valence-corrected chi connectivity index (χ2v) is 7.15. The Morgan fingerprint density at radius 1 is 1.46 bits per heavy atom. The Kier molecular flexibility index (Phi) is 9.44. The van der Waals surface area contributed by atoms with Gasteiger partial charge in [0.05, 0.1) is 11.6 Å². The van der Waals surface area contributed by atoms with Crippen LogP contribution in [0.5, 0.6) is 0 Å². The molecular formula is C17H24FIN4S. The fourth-order valence-electron chi connectivity index (χ4n) is 2.80. The van der Waals surface area contributed by atoms with Crippen LogP contribution in [0.3, 0.4) is 0 Å². The molecule has 0 spiro atoms. The van der Waals surface area contributed by atoms with Crippen molar-refractivity contribution < 1.29 is 4.39 Å². The molecule has 1 aliphatic rings. The molecule has 2 unspecified atom stereocenters. The van der Waals surface area contributed by atoms with E-state index in [2.05, 4.69) is 22.5 Å². The zero-order valence-electron chi connectivity index (χ0n) is 14.0. The van der Waals surface area contributed by atoms with Gasteiger partial charge in [-0.25, -0.2) is 4.39 Å². The molecule has 0 amide bonds. The van der Waals surface area contributed by atoms with Crippen molar-refractivity contribution in [2.45, 2.75) is 44.0 Å². The summed E-state index contributed by atoms with van der Waals surface area (Å²) in [5.74, 6) is 1.52. The summed E-state index contributed by atoms with van der Waals surface area (Å²) in [5.41, 5.74) is 0.930. The molecule has 0 radical (unpaired) electrons. The second kappa shape index (κ2) is 10.8. The smallest absolute Gasteiger partial charge is 0.191 e. The summed E-state index contributed by atoms with van der Waals surface area (Å²) < 4.78 is 13.8. The molecule has 2 rings (SSSR count). The van der Waals surface area contributed by atoms with E-state index in [1.165, 1.54) is 18.6 Å². The van der Waals surface area contributed by atoms with E-state index in [0.29, 0.717) is 29.7 Å². The van der Waals surface area contributed by atoms with E-state index in [-0.39, 0.29) is 29.8 Å². The minimum absolute atomic E-state index is 0. The minimum atomic E-state index is -0.313. The van der Waals surface area contributed by atoms with Gasteiger partial charge in [-0.15, -0.1) is 24.0 Å². The van der Waals surface area contributed by atoms with E-state index in [1.807, 2.05) is 17.8 Å². The van der Waals surface area contributed by atoms with Gasteiger partial charge in [-0.2, -0.15) is 17.0 Å². The number of aliphatic imine (C=N–C) groups is 1. The maximum absolute atomic E-state index is 13.8. The van der Waals surface area contributed by atoms with Gasteiger partial charge in [-0.3, -0.25) is 4.99 Å². The quantitative estimate of drug-likeness (QED) is 0.399. The molecule has 1 aromatic rings. The summed E-state index contributed by atoms with van der Waals surface area (Å²) in [7, 11) is 1.71. The highest BCUT2D eigenvalue weighted by Crippen LogP contribution is 2.29. The summed E-state index contributed by atoms with van der Waals surface area (Å²) in [5, 5.41) is 16.2. The second-order valence-electron chi connectivity index (χ2n) is 5.58. The number of halogens is 2. The van der Waals surface area contributed by atoms with E-state index in [4.69, 9.17) is 5.26 Å². The van der Waals surface area contributed by atoms with E-state index in [0.717, 1.165) is 23.8 Å². The summed E-state index contributed by atoms with van der Waals surface area (Å²) in [6, 6.07) is 6.83. The lowest BCUT2D eigenvalue weighted by Crippen LogP contribution is -2.42. The average Bonchev–Trinajstić information content (AvgIpc) is 3.00. The summed E-state index contributed by atoms with van der Waals surface area (Å²) in [6.07, 6.45) is 3.50. The Bertz CT molecular complexity index is 603. The van der Waals surface area contributed by atoms with Crippen molar-refractivity contribution in [3.8, 4) is 6.07 Å². The van der Waals surface area contributed by atoms with E-state index >= 15 is 0 Å². The fraction of sp³-hybridized carbons (Fsp3) is 0.529. The van der Waals surface area contributed by atoms with Crippen LogP contribution in [0.25, 0.3) is 0 Å². The van der Waals surface area contributed by atoms with Gasteiger partial charge in [0.25, 0.3) is 0 Å². The van der Waals surface area contributed by atoms with Crippen LogP contribution in [0.4, 0.5) is 4.39 Å². The molecule has 0 aliphatic heterocycles. The van der Waals surface area contributed by atoms with Gasteiger partial charge in [-0.05, 0) is 43.2 Å². The molecule has 1 saturated carbocycles. The van der Waals surface area contributed by atoms with Crippen LogP contribution in [0.1, 0.15) is 37.3 Å². The highest BCUT2D eigenvalue weighted by atomic mass is 127. The van der Waals surface area contributed by atoms with Crippen LogP contribution in [0.2, 0.25) is 0 Å². The van der Waals surface area contributed by atoms with Gasteiger partial charge in [0.15, 0.2) is 5.96 Å². The summed E-state index contributed by atoms with van der Waals surface area (Å²) >= 11 is 2.01. The molecule has 0 bridgehead atoms. The Morgan fingerprint density at radius 2 is 2.25 bits per heavy atom. The van der Waals surface area contributed by atoms with Crippen molar-refractivity contribution in [2.24, 2.45) is 4.99 Å². The normalized spacial score (nSPS) is 20.2. The number of thioether (sulfide) groups is 1. The topological polar surface area (TPSA) is 60.2 Å². The molecule has 1 aromatic carbocycles. The van der Waals surface area contributed by atoms with Crippen LogP contribution < -0.4 is 10.6 Å². The first kappa shape index (κ1) is 21.0. The Labute approximate surface area is 164 Å². The maximum Gasteiger partial charge on any atom is 0.191 e. The molecule has 1 fully saturated rings. The minimum Gasteiger partial charge on any atom is -0.354 e. The molecule has 4 nitrogen and oxygen atoms in total. The SMILES string of the molecule is CCSC1CCC(NC(=NC)NCc2cc(C#N)ccc2F)C1.I. The van der Waals surface area contributed by atoms with E-state index in [1.54, 1.807) is 13.1 Å². The molecule has 132 valence electrons. The number of nitriles is 1. The lowest BCUT2D eigenvalue weighted by molar-refractivity contribution is 0.594. The van der Waals surface area contributed by atoms with Gasteiger partial charge >= 0.3 is 0 Å². The molecule has 0 saturated heterocycles. The Hall–Kier alpha value is -1.01. The average molecular weight is 462 g/mol. The van der Waals surface area contributed by atoms with Crippen molar-refractivity contribution in [1.82, 2.24) is 10.6 Å². The number of guanidine groups is 1. The number of hydrogen-bond acceptors (Lipinski definition) is 3. The largest absolute Gasteiger partial charge is 0.354 e. The van der Waals surface area contributed by atoms with Gasteiger partial charge in [0.1, 0.15) is 5.82 Å². The van der Waals surface area contributed by atoms with Crippen LogP contribution in [0, 0.1) is 17.1 Å². The molecule has 2 atom stereocenters. The third-order valence-electron chi connectivity index (χ3n) is 3.97. The van der Waals surface area contributed by atoms with Gasteiger partial charge < -0.3 is 10.6 Å². The third-order valence-corrected chi connectivity index (χ3v) is 5.21. The Balaban J connectivity index is 0.00000288. The van der Waals surface area contributed by atoms with Gasteiger partial charge in [0.2, 0.25) is 0 Å². The van der Waals surface area contributed by atoms with E-state index < -0.39 is 0 Å². The first-order valence-corrected chi connectivity index (χ1v) is 8.98. The number of hydrogen-bond donors (Lipinski definition) is 2. The first-order valence-electron chi connectivity index (χ1n) is 7.93. The van der Waals surface area contributed by atoms with Gasteiger partial charge in [0, 0.05) is 30.4 Å². The van der Waals surface area contributed by atoms with Crippen molar-refractivity contribution in [3.05, 3.63) is 35.1 Å². The first-order chi connectivity index (χ1) is 11.2. The van der Waals surface area contributed by atoms with E-state index in [9.17, 15) is 4.39 Å². The third kappa shape index (κ3) is 6.13. The predicted octanol–water partition coefficient (Wildman–Crippen LogP) is 3.65. The zero-order chi connectivity index (χ0) is 16.7. The lowest BCUT2D eigenvalue weighted by atomic mass is 10.1. The Morgan fingerprint density at radius 3 is 2.92 bits per heavy atom. The standard InChI is InChI=1S/C17H23FN4S.HI/c1-3-23-15-6-5-14(9-15)22-17(20-2)21-11-13-8-12(10-19)4-7-16(13)18;/h4,7-8,14-15H,3,5-6,9,11H2,1-2H3,(H2,20,21,22);1H. The number of benzene rings is 1. The fourth-order valence-corrected chi connectivity index (χ4v) is 3.95. The highest BCUT2D eigenvalue weighted by Gasteiger charge is 2.25. The van der Waals surface area contributed by atoms with Crippen molar-refractivity contribution in [2.75, 3.05) is 12.8 Å². The molecule has 2 N–H and O–H groups in total. The number of nitrogens with zero attached hydrogens (tertiary/aromatic N) is 2. The highest BCUT2D eigenvalue weighted by molar-refractivity contribution is 14.0. The summed E-state index contributed by atoms with van der Waals surface area (Å²) in [6.45, 7) is 2.50. The van der Waals surface area contributed by atoms with Crippen molar-refractivity contribution in [3.63, 3.8) is 0 Å². The van der Waals surface area contributed by atoms with Crippen molar-refractivity contribution >= 4 is 41.7 Å². The zero-order valence-corrected chi connectivity index (χ0v) is 17.2. The van der Waals surface area contributed by atoms with Gasteiger partial charge in [-0.1, -0.05) is 6.92 Å². The number of nitrogens with one attached hydrogen (secondary N) is 2. The van der Waals surface area contributed by atoms with Crippen LogP contribution >= 0.6 is 35.7 Å².